The molecule has 5 nitrogen and oxygen atoms in total. The zero-order valence-electron chi connectivity index (χ0n) is 10.5. The van der Waals surface area contributed by atoms with E-state index in [0.29, 0.717) is 13.0 Å². The fourth-order valence-electron chi connectivity index (χ4n) is 1.73. The van der Waals surface area contributed by atoms with Gasteiger partial charge in [-0.2, -0.15) is 0 Å². The van der Waals surface area contributed by atoms with Crippen LogP contribution in [-0.2, 0) is 9.59 Å². The molecule has 0 aliphatic rings. The molecule has 1 atom stereocenters. The van der Waals surface area contributed by atoms with Crippen molar-refractivity contribution in [1.82, 2.24) is 10.2 Å². The summed E-state index contributed by atoms with van der Waals surface area (Å²) in [6.07, 6.45) is 1.46. The van der Waals surface area contributed by atoms with E-state index in [9.17, 15) is 9.59 Å². The van der Waals surface area contributed by atoms with Gasteiger partial charge in [0.2, 0.25) is 11.8 Å². The van der Waals surface area contributed by atoms with Gasteiger partial charge < -0.3 is 11.1 Å². The lowest BCUT2D eigenvalue weighted by molar-refractivity contribution is -0.123. The molecule has 0 spiro atoms. The molecule has 94 valence electrons. The summed E-state index contributed by atoms with van der Waals surface area (Å²) in [6, 6.07) is -0.219. The van der Waals surface area contributed by atoms with Crippen molar-refractivity contribution >= 4 is 11.8 Å². The van der Waals surface area contributed by atoms with Crippen LogP contribution in [0.2, 0.25) is 0 Å². The first-order valence-corrected chi connectivity index (χ1v) is 5.80. The van der Waals surface area contributed by atoms with Crippen LogP contribution in [-0.4, -0.2) is 42.4 Å². The lowest BCUT2D eigenvalue weighted by Gasteiger charge is -2.26. The van der Waals surface area contributed by atoms with Crippen molar-refractivity contribution in [1.29, 1.82) is 0 Å². The summed E-state index contributed by atoms with van der Waals surface area (Å²) in [4.78, 5) is 24.0. The second-order valence-electron chi connectivity index (χ2n) is 3.76. The van der Waals surface area contributed by atoms with Crippen molar-refractivity contribution < 1.29 is 9.59 Å². The molecule has 16 heavy (non-hydrogen) atoms. The van der Waals surface area contributed by atoms with E-state index in [0.717, 1.165) is 19.5 Å². The topological polar surface area (TPSA) is 75.4 Å². The Morgan fingerprint density at radius 1 is 1.31 bits per heavy atom. The van der Waals surface area contributed by atoms with Crippen molar-refractivity contribution in [2.24, 2.45) is 5.73 Å². The number of rotatable bonds is 8. The Labute approximate surface area is 97.4 Å². The van der Waals surface area contributed by atoms with Crippen LogP contribution < -0.4 is 11.1 Å². The number of hydrogen-bond acceptors (Lipinski definition) is 3. The van der Waals surface area contributed by atoms with Gasteiger partial charge in [0.25, 0.3) is 0 Å². The molecule has 0 bridgehead atoms. The maximum absolute atomic E-state index is 11.3. The lowest BCUT2D eigenvalue weighted by atomic mass is 10.1. The Hall–Kier alpha value is -1.10. The van der Waals surface area contributed by atoms with E-state index >= 15 is 0 Å². The fourth-order valence-corrected chi connectivity index (χ4v) is 1.73. The van der Waals surface area contributed by atoms with Gasteiger partial charge >= 0.3 is 0 Å². The fraction of sp³-hybridized carbons (Fsp3) is 0.818. The number of likely N-dealkylation sites (N-methyl/N-ethyl adjacent to an activating group) is 1. The van der Waals surface area contributed by atoms with E-state index in [-0.39, 0.29) is 17.9 Å². The highest BCUT2D eigenvalue weighted by molar-refractivity contribution is 5.79. The van der Waals surface area contributed by atoms with Gasteiger partial charge in [-0.05, 0) is 25.9 Å². The molecule has 3 N–H and O–H groups in total. The summed E-state index contributed by atoms with van der Waals surface area (Å²) in [7, 11) is 0. The SMILES string of the molecule is CCN(CC)C(CCCNC(C)=O)C(N)=O. The monoisotopic (exact) mass is 229 g/mol. The maximum atomic E-state index is 11.3. The van der Waals surface area contributed by atoms with Gasteiger partial charge in [-0.15, -0.1) is 0 Å². The van der Waals surface area contributed by atoms with Crippen molar-refractivity contribution in [2.75, 3.05) is 19.6 Å². The summed E-state index contributed by atoms with van der Waals surface area (Å²) in [6.45, 7) is 7.71. The molecule has 0 saturated carbocycles. The number of amides is 2. The van der Waals surface area contributed by atoms with Crippen LogP contribution in [0.25, 0.3) is 0 Å². The van der Waals surface area contributed by atoms with Crippen LogP contribution in [0, 0.1) is 0 Å². The van der Waals surface area contributed by atoms with Gasteiger partial charge in [-0.25, -0.2) is 0 Å². The highest BCUT2D eigenvalue weighted by Gasteiger charge is 2.20. The number of carbonyl (C=O) groups is 2. The predicted octanol–water partition coefficient (Wildman–Crippen LogP) is 0.0984. The minimum atomic E-state index is -0.286. The highest BCUT2D eigenvalue weighted by atomic mass is 16.2. The Kier molecular flexibility index (Phi) is 7.54. The number of nitrogens with one attached hydrogen (secondary N) is 1. The van der Waals surface area contributed by atoms with Crippen molar-refractivity contribution in [3.63, 3.8) is 0 Å². The quantitative estimate of drug-likeness (QED) is 0.580. The van der Waals surface area contributed by atoms with E-state index in [4.69, 9.17) is 5.73 Å². The van der Waals surface area contributed by atoms with Crippen LogP contribution in [0.15, 0.2) is 0 Å². The predicted molar refractivity (Wildman–Crippen MR) is 63.8 cm³/mol. The van der Waals surface area contributed by atoms with E-state index in [2.05, 4.69) is 5.32 Å². The van der Waals surface area contributed by atoms with Crippen LogP contribution in [0.5, 0.6) is 0 Å². The van der Waals surface area contributed by atoms with Crippen molar-refractivity contribution in [2.45, 2.75) is 39.7 Å². The maximum Gasteiger partial charge on any atom is 0.234 e. The third-order valence-electron chi connectivity index (χ3n) is 2.61. The summed E-state index contributed by atoms with van der Waals surface area (Å²) >= 11 is 0. The van der Waals surface area contributed by atoms with Crippen LogP contribution in [0.1, 0.15) is 33.6 Å². The molecule has 0 radical (unpaired) electrons. The molecule has 5 heteroatoms. The normalized spacial score (nSPS) is 12.5. The summed E-state index contributed by atoms with van der Waals surface area (Å²) in [5.74, 6) is -0.329. The molecule has 0 aromatic rings. The zero-order valence-corrected chi connectivity index (χ0v) is 10.5. The van der Waals surface area contributed by atoms with Gasteiger partial charge in [0.15, 0.2) is 0 Å². The molecule has 1 unspecified atom stereocenters. The molecular weight excluding hydrogens is 206 g/mol. The highest BCUT2D eigenvalue weighted by Crippen LogP contribution is 2.06. The number of primary amides is 1. The van der Waals surface area contributed by atoms with Gasteiger partial charge in [0.1, 0.15) is 0 Å². The lowest BCUT2D eigenvalue weighted by Crippen LogP contribution is -2.44. The second kappa shape index (κ2) is 8.10. The Balaban J connectivity index is 4.03. The summed E-state index contributed by atoms with van der Waals surface area (Å²) in [5.41, 5.74) is 5.36. The van der Waals surface area contributed by atoms with Crippen molar-refractivity contribution in [3.05, 3.63) is 0 Å². The zero-order chi connectivity index (χ0) is 12.6. The smallest absolute Gasteiger partial charge is 0.234 e. The van der Waals surface area contributed by atoms with E-state index in [1.165, 1.54) is 6.92 Å². The van der Waals surface area contributed by atoms with Gasteiger partial charge in [-0.1, -0.05) is 13.8 Å². The van der Waals surface area contributed by atoms with Crippen LogP contribution in [0.3, 0.4) is 0 Å². The van der Waals surface area contributed by atoms with E-state index < -0.39 is 0 Å². The molecule has 0 rings (SSSR count). The molecule has 2 amide bonds. The number of nitrogens with zero attached hydrogens (tertiary/aromatic N) is 1. The second-order valence-corrected chi connectivity index (χ2v) is 3.76. The Morgan fingerprint density at radius 2 is 1.88 bits per heavy atom. The third-order valence-corrected chi connectivity index (χ3v) is 2.61. The first kappa shape index (κ1) is 14.9. The molecule has 0 aliphatic heterocycles. The van der Waals surface area contributed by atoms with Crippen molar-refractivity contribution in [3.8, 4) is 0 Å². The third kappa shape index (κ3) is 5.70. The molecule has 0 fully saturated rings. The molecular formula is C11H23N3O2. The largest absolute Gasteiger partial charge is 0.368 e. The van der Waals surface area contributed by atoms with Crippen LogP contribution in [0.4, 0.5) is 0 Å². The first-order chi connectivity index (χ1) is 7.52. The molecule has 0 aromatic heterocycles. The number of carbonyl (C=O) groups excluding carboxylic acids is 2. The Morgan fingerprint density at radius 3 is 2.25 bits per heavy atom. The van der Waals surface area contributed by atoms with Crippen LogP contribution >= 0.6 is 0 Å². The minimum Gasteiger partial charge on any atom is -0.368 e. The summed E-state index contributed by atoms with van der Waals surface area (Å²) in [5, 5.41) is 2.71. The summed E-state index contributed by atoms with van der Waals surface area (Å²) < 4.78 is 0. The number of nitrogens with two attached hydrogens (primary N) is 1. The van der Waals surface area contributed by atoms with Gasteiger partial charge in [0.05, 0.1) is 6.04 Å². The molecule has 0 aromatic carbocycles. The average molecular weight is 229 g/mol. The first-order valence-electron chi connectivity index (χ1n) is 5.80. The van der Waals surface area contributed by atoms with E-state index in [1.807, 2.05) is 18.7 Å². The molecule has 0 heterocycles. The molecule has 0 saturated heterocycles. The van der Waals surface area contributed by atoms with Gasteiger partial charge in [-0.3, -0.25) is 14.5 Å². The van der Waals surface area contributed by atoms with Gasteiger partial charge in [0, 0.05) is 13.5 Å². The minimum absolute atomic E-state index is 0.0431. The standard InChI is InChI=1S/C11H23N3O2/c1-4-14(5-2)10(11(12)16)7-6-8-13-9(3)15/h10H,4-8H2,1-3H3,(H2,12,16)(H,13,15). The average Bonchev–Trinajstić information content (AvgIpc) is 2.22. The Bertz CT molecular complexity index is 227. The van der Waals surface area contributed by atoms with E-state index in [1.54, 1.807) is 0 Å². The molecule has 0 aliphatic carbocycles. The number of hydrogen-bond donors (Lipinski definition) is 2.